The largest absolute Gasteiger partial charge is 0.399 e. The van der Waals surface area contributed by atoms with Crippen molar-refractivity contribution in [2.24, 2.45) is 7.05 Å². The quantitative estimate of drug-likeness (QED) is 0.877. The first kappa shape index (κ1) is 13.7. The number of amides is 1. The summed E-state index contributed by atoms with van der Waals surface area (Å²) >= 11 is 0. The molecule has 3 rings (SSSR count). The van der Waals surface area contributed by atoms with Gasteiger partial charge in [-0.15, -0.1) is 0 Å². The normalized spacial score (nSPS) is 14.4. The fourth-order valence-corrected chi connectivity index (χ4v) is 2.81. The van der Waals surface area contributed by atoms with Crippen LogP contribution >= 0.6 is 0 Å². The van der Waals surface area contributed by atoms with Gasteiger partial charge in [0.1, 0.15) is 0 Å². The number of anilines is 2. The number of benzene rings is 1. The van der Waals surface area contributed by atoms with Gasteiger partial charge in [-0.1, -0.05) is 6.92 Å². The highest BCUT2D eigenvalue weighted by Gasteiger charge is 2.25. The molecule has 1 aliphatic rings. The number of fused-ring (bicyclic) bond motifs is 1. The molecule has 0 radical (unpaired) electrons. The highest BCUT2D eigenvalue weighted by Crippen LogP contribution is 2.30. The molecule has 2 N–H and O–H groups in total. The summed E-state index contributed by atoms with van der Waals surface area (Å²) in [5.41, 5.74) is 10.8. The van der Waals surface area contributed by atoms with Gasteiger partial charge in [0, 0.05) is 24.8 Å². The van der Waals surface area contributed by atoms with Gasteiger partial charge in [0.2, 0.25) is 5.91 Å². The molecule has 0 saturated heterocycles. The van der Waals surface area contributed by atoms with Crippen molar-refractivity contribution >= 4 is 17.3 Å². The van der Waals surface area contributed by atoms with E-state index in [4.69, 9.17) is 5.73 Å². The first-order valence-electron chi connectivity index (χ1n) is 7.29. The molecular weight excluding hydrogens is 264 g/mol. The second-order valence-corrected chi connectivity index (χ2v) is 5.47. The standard InChI is InChI=1S/C16H20N4O/c1-3-13-9-14(19(2)18-13)10-20-15-6-5-12(17)8-11(15)4-7-16(20)21/h5-6,8-9H,3-4,7,10,17H2,1-2H3. The number of aromatic nitrogens is 2. The van der Waals surface area contributed by atoms with E-state index in [1.165, 1.54) is 0 Å². The number of nitrogens with two attached hydrogens (primary N) is 1. The maximum atomic E-state index is 12.3. The SMILES string of the molecule is CCc1cc(CN2C(=O)CCc3cc(N)ccc32)n(C)n1. The molecule has 0 saturated carbocycles. The third-order valence-electron chi connectivity index (χ3n) is 4.01. The van der Waals surface area contributed by atoms with Gasteiger partial charge < -0.3 is 10.6 Å². The van der Waals surface area contributed by atoms with Crippen LogP contribution in [0.3, 0.4) is 0 Å². The number of carbonyl (C=O) groups is 1. The van der Waals surface area contributed by atoms with Crippen LogP contribution in [0.2, 0.25) is 0 Å². The second-order valence-electron chi connectivity index (χ2n) is 5.47. The summed E-state index contributed by atoms with van der Waals surface area (Å²) < 4.78 is 1.86. The zero-order valence-corrected chi connectivity index (χ0v) is 12.5. The Bertz CT molecular complexity index is 690. The van der Waals surface area contributed by atoms with E-state index in [1.807, 2.05) is 34.8 Å². The fraction of sp³-hybridized carbons (Fsp3) is 0.375. The minimum atomic E-state index is 0.159. The molecule has 2 aromatic rings. The van der Waals surface area contributed by atoms with E-state index in [1.54, 1.807) is 0 Å². The van der Waals surface area contributed by atoms with Crippen molar-refractivity contribution in [1.82, 2.24) is 9.78 Å². The van der Waals surface area contributed by atoms with Crippen LogP contribution < -0.4 is 10.6 Å². The number of nitrogens with zero attached hydrogens (tertiary/aromatic N) is 3. The summed E-state index contributed by atoms with van der Waals surface area (Å²) in [4.78, 5) is 14.1. The number of aryl methyl sites for hydroxylation is 3. The van der Waals surface area contributed by atoms with Crippen LogP contribution in [-0.2, 0) is 31.2 Å². The molecule has 110 valence electrons. The van der Waals surface area contributed by atoms with E-state index in [-0.39, 0.29) is 5.91 Å². The Morgan fingerprint density at radius 3 is 2.81 bits per heavy atom. The predicted octanol–water partition coefficient (Wildman–Crippen LogP) is 2.04. The summed E-state index contributed by atoms with van der Waals surface area (Å²) in [5, 5.41) is 4.45. The van der Waals surface area contributed by atoms with Gasteiger partial charge in [0.25, 0.3) is 0 Å². The Labute approximate surface area is 124 Å². The first-order chi connectivity index (χ1) is 10.1. The molecule has 21 heavy (non-hydrogen) atoms. The second kappa shape index (κ2) is 5.24. The van der Waals surface area contributed by atoms with Gasteiger partial charge in [0.15, 0.2) is 0 Å². The van der Waals surface area contributed by atoms with E-state index < -0.39 is 0 Å². The minimum Gasteiger partial charge on any atom is -0.399 e. The van der Waals surface area contributed by atoms with Gasteiger partial charge in [0.05, 0.1) is 17.9 Å². The van der Waals surface area contributed by atoms with Gasteiger partial charge in [-0.05, 0) is 42.7 Å². The Balaban J connectivity index is 1.94. The molecule has 2 heterocycles. The number of nitrogen functional groups attached to an aromatic ring is 1. The highest BCUT2D eigenvalue weighted by atomic mass is 16.2. The van der Waals surface area contributed by atoms with Gasteiger partial charge in [-0.2, -0.15) is 5.10 Å². The number of rotatable bonds is 3. The van der Waals surface area contributed by atoms with Crippen LogP contribution in [0, 0.1) is 0 Å². The molecular formula is C16H20N4O. The van der Waals surface area contributed by atoms with E-state index in [9.17, 15) is 4.79 Å². The van der Waals surface area contributed by atoms with Crippen molar-refractivity contribution in [3.05, 3.63) is 41.2 Å². The first-order valence-corrected chi connectivity index (χ1v) is 7.29. The molecule has 5 heteroatoms. The third-order valence-corrected chi connectivity index (χ3v) is 4.01. The average molecular weight is 284 g/mol. The molecule has 0 atom stereocenters. The van der Waals surface area contributed by atoms with E-state index in [0.717, 1.165) is 41.2 Å². The molecule has 0 spiro atoms. The van der Waals surface area contributed by atoms with Gasteiger partial charge in [-0.25, -0.2) is 0 Å². The molecule has 0 aliphatic carbocycles. The Kier molecular flexibility index (Phi) is 3.41. The van der Waals surface area contributed by atoms with Crippen molar-refractivity contribution in [3.63, 3.8) is 0 Å². The van der Waals surface area contributed by atoms with Crippen LogP contribution in [0.25, 0.3) is 0 Å². The third kappa shape index (κ3) is 2.51. The van der Waals surface area contributed by atoms with Crippen molar-refractivity contribution < 1.29 is 4.79 Å². The van der Waals surface area contributed by atoms with Crippen LogP contribution in [0.1, 0.15) is 30.3 Å². The lowest BCUT2D eigenvalue weighted by molar-refractivity contribution is -0.119. The van der Waals surface area contributed by atoms with E-state index in [2.05, 4.69) is 18.1 Å². The zero-order chi connectivity index (χ0) is 15.0. The van der Waals surface area contributed by atoms with Crippen molar-refractivity contribution in [3.8, 4) is 0 Å². The zero-order valence-electron chi connectivity index (χ0n) is 12.5. The average Bonchev–Trinajstić information content (AvgIpc) is 2.82. The lowest BCUT2D eigenvalue weighted by Gasteiger charge is -2.29. The summed E-state index contributed by atoms with van der Waals surface area (Å²) in [6.07, 6.45) is 2.20. The molecule has 1 amide bonds. The maximum Gasteiger partial charge on any atom is 0.227 e. The van der Waals surface area contributed by atoms with Crippen LogP contribution in [-0.4, -0.2) is 15.7 Å². The van der Waals surface area contributed by atoms with Crippen LogP contribution in [0.15, 0.2) is 24.3 Å². The van der Waals surface area contributed by atoms with Crippen LogP contribution in [0.5, 0.6) is 0 Å². The minimum absolute atomic E-state index is 0.159. The fourth-order valence-electron chi connectivity index (χ4n) is 2.81. The van der Waals surface area contributed by atoms with Crippen molar-refractivity contribution in [2.75, 3.05) is 10.6 Å². The molecule has 1 aromatic carbocycles. The van der Waals surface area contributed by atoms with Gasteiger partial charge >= 0.3 is 0 Å². The molecule has 1 aromatic heterocycles. The Morgan fingerprint density at radius 1 is 1.29 bits per heavy atom. The number of hydrogen-bond donors (Lipinski definition) is 1. The molecule has 0 unspecified atom stereocenters. The highest BCUT2D eigenvalue weighted by molar-refractivity contribution is 5.96. The smallest absolute Gasteiger partial charge is 0.227 e. The van der Waals surface area contributed by atoms with Crippen molar-refractivity contribution in [2.45, 2.75) is 32.7 Å². The monoisotopic (exact) mass is 284 g/mol. The Hall–Kier alpha value is -2.30. The lowest BCUT2D eigenvalue weighted by atomic mass is 10.0. The van der Waals surface area contributed by atoms with Crippen LogP contribution in [0.4, 0.5) is 11.4 Å². The van der Waals surface area contributed by atoms with E-state index in [0.29, 0.717) is 13.0 Å². The summed E-state index contributed by atoms with van der Waals surface area (Å²) in [6, 6.07) is 7.83. The summed E-state index contributed by atoms with van der Waals surface area (Å²) in [5.74, 6) is 0.159. The summed E-state index contributed by atoms with van der Waals surface area (Å²) in [7, 11) is 1.92. The topological polar surface area (TPSA) is 64.2 Å². The number of hydrogen-bond acceptors (Lipinski definition) is 3. The van der Waals surface area contributed by atoms with Crippen molar-refractivity contribution in [1.29, 1.82) is 0 Å². The molecule has 5 nitrogen and oxygen atoms in total. The predicted molar refractivity (Wildman–Crippen MR) is 83.0 cm³/mol. The maximum absolute atomic E-state index is 12.3. The molecule has 0 bridgehead atoms. The Morgan fingerprint density at radius 2 is 2.10 bits per heavy atom. The van der Waals surface area contributed by atoms with Gasteiger partial charge in [-0.3, -0.25) is 9.48 Å². The number of carbonyl (C=O) groups excluding carboxylic acids is 1. The molecule has 0 fully saturated rings. The molecule has 1 aliphatic heterocycles. The lowest BCUT2D eigenvalue weighted by Crippen LogP contribution is -2.35. The summed E-state index contributed by atoms with van der Waals surface area (Å²) in [6.45, 7) is 2.63. The van der Waals surface area contributed by atoms with E-state index >= 15 is 0 Å².